The van der Waals surface area contributed by atoms with Gasteiger partial charge in [0, 0.05) is 16.6 Å². The van der Waals surface area contributed by atoms with Crippen molar-refractivity contribution in [3.05, 3.63) is 68.5 Å². The predicted octanol–water partition coefficient (Wildman–Crippen LogP) is 4.96. The highest BCUT2D eigenvalue weighted by atomic mass is 35.5. The molecule has 0 fully saturated rings. The molecular weight excluding hydrogens is 285 g/mol. The lowest BCUT2D eigenvalue weighted by Crippen LogP contribution is -2.18. The number of hydrogen-bond donors (Lipinski definition) is 1. The van der Waals surface area contributed by atoms with Crippen molar-refractivity contribution in [2.45, 2.75) is 40.2 Å². The van der Waals surface area contributed by atoms with Gasteiger partial charge in [0.2, 0.25) is 0 Å². The SMILES string of the molecule is Cc1cc(C)c(C)c(C(N)Cc2c(F)cccc2Cl)c1C. The summed E-state index contributed by atoms with van der Waals surface area (Å²) in [6.45, 7) is 8.29. The van der Waals surface area contributed by atoms with Gasteiger partial charge in [-0.15, -0.1) is 0 Å². The summed E-state index contributed by atoms with van der Waals surface area (Å²) in [5, 5.41) is 0.435. The van der Waals surface area contributed by atoms with Gasteiger partial charge in [-0.3, -0.25) is 0 Å². The van der Waals surface area contributed by atoms with Gasteiger partial charge in [-0.25, -0.2) is 4.39 Å². The minimum absolute atomic E-state index is 0.266. The molecule has 0 saturated heterocycles. The fourth-order valence-electron chi connectivity index (χ4n) is 2.85. The predicted molar refractivity (Wildman–Crippen MR) is 87.4 cm³/mol. The van der Waals surface area contributed by atoms with E-state index in [1.54, 1.807) is 12.1 Å². The molecule has 0 bridgehead atoms. The lowest BCUT2D eigenvalue weighted by molar-refractivity contribution is 0.592. The monoisotopic (exact) mass is 305 g/mol. The van der Waals surface area contributed by atoms with Crippen LogP contribution in [0.2, 0.25) is 5.02 Å². The van der Waals surface area contributed by atoms with Gasteiger partial charge in [-0.05, 0) is 74.1 Å². The van der Waals surface area contributed by atoms with Gasteiger partial charge in [0.15, 0.2) is 0 Å². The molecular formula is C18H21ClFN. The van der Waals surface area contributed by atoms with Crippen LogP contribution < -0.4 is 5.73 Å². The molecule has 0 radical (unpaired) electrons. The highest BCUT2D eigenvalue weighted by Crippen LogP contribution is 2.30. The van der Waals surface area contributed by atoms with Crippen molar-refractivity contribution in [2.75, 3.05) is 0 Å². The fourth-order valence-corrected chi connectivity index (χ4v) is 3.09. The first-order valence-corrected chi connectivity index (χ1v) is 7.46. The second-order valence-electron chi connectivity index (χ2n) is 5.68. The summed E-state index contributed by atoms with van der Waals surface area (Å²) in [5.74, 6) is -0.294. The Labute approximate surface area is 130 Å². The van der Waals surface area contributed by atoms with E-state index in [1.807, 2.05) is 0 Å². The molecule has 0 heterocycles. The van der Waals surface area contributed by atoms with E-state index in [1.165, 1.54) is 28.3 Å². The minimum Gasteiger partial charge on any atom is -0.324 e. The van der Waals surface area contributed by atoms with Gasteiger partial charge < -0.3 is 5.73 Å². The van der Waals surface area contributed by atoms with E-state index in [2.05, 4.69) is 33.8 Å². The number of nitrogens with two attached hydrogens (primary N) is 1. The van der Waals surface area contributed by atoms with Crippen molar-refractivity contribution in [1.82, 2.24) is 0 Å². The van der Waals surface area contributed by atoms with E-state index in [0.29, 0.717) is 17.0 Å². The number of benzene rings is 2. The van der Waals surface area contributed by atoms with Crippen molar-refractivity contribution in [3.8, 4) is 0 Å². The van der Waals surface area contributed by atoms with Gasteiger partial charge in [0.05, 0.1) is 0 Å². The molecule has 3 heteroatoms. The minimum atomic E-state index is -0.294. The van der Waals surface area contributed by atoms with E-state index in [4.69, 9.17) is 17.3 Å². The van der Waals surface area contributed by atoms with Crippen LogP contribution in [0.25, 0.3) is 0 Å². The molecule has 2 N–H and O–H groups in total. The average molecular weight is 306 g/mol. The highest BCUT2D eigenvalue weighted by Gasteiger charge is 2.18. The second-order valence-corrected chi connectivity index (χ2v) is 6.09. The molecule has 0 aliphatic carbocycles. The normalized spacial score (nSPS) is 12.5. The number of hydrogen-bond acceptors (Lipinski definition) is 1. The molecule has 0 aromatic heterocycles. The molecule has 1 unspecified atom stereocenters. The molecule has 2 aromatic rings. The molecule has 21 heavy (non-hydrogen) atoms. The molecule has 0 saturated carbocycles. The van der Waals surface area contributed by atoms with Crippen LogP contribution in [-0.2, 0) is 6.42 Å². The first kappa shape index (κ1) is 16.0. The van der Waals surface area contributed by atoms with E-state index in [0.717, 1.165) is 5.56 Å². The van der Waals surface area contributed by atoms with Crippen LogP contribution in [0.3, 0.4) is 0 Å². The van der Waals surface area contributed by atoms with Crippen LogP contribution in [0.15, 0.2) is 24.3 Å². The Morgan fingerprint density at radius 1 is 1.10 bits per heavy atom. The van der Waals surface area contributed by atoms with E-state index < -0.39 is 0 Å². The van der Waals surface area contributed by atoms with Crippen molar-refractivity contribution in [2.24, 2.45) is 5.73 Å². The molecule has 112 valence electrons. The molecule has 2 aromatic carbocycles. The Morgan fingerprint density at radius 2 is 1.67 bits per heavy atom. The standard InChI is InChI=1S/C18H21ClFN/c1-10-8-11(2)13(4)18(12(10)3)17(21)9-14-15(19)6-5-7-16(14)20/h5-8,17H,9,21H2,1-4H3. The number of rotatable bonds is 3. The third-order valence-electron chi connectivity index (χ3n) is 4.28. The van der Waals surface area contributed by atoms with E-state index >= 15 is 0 Å². The maximum atomic E-state index is 13.9. The van der Waals surface area contributed by atoms with Crippen LogP contribution >= 0.6 is 11.6 Å². The van der Waals surface area contributed by atoms with Crippen LogP contribution in [-0.4, -0.2) is 0 Å². The van der Waals surface area contributed by atoms with Gasteiger partial charge in [-0.2, -0.15) is 0 Å². The Morgan fingerprint density at radius 3 is 2.19 bits per heavy atom. The summed E-state index contributed by atoms with van der Waals surface area (Å²) >= 11 is 6.11. The van der Waals surface area contributed by atoms with Gasteiger partial charge in [0.1, 0.15) is 5.82 Å². The zero-order valence-corrected chi connectivity index (χ0v) is 13.7. The van der Waals surface area contributed by atoms with E-state index in [-0.39, 0.29) is 11.9 Å². The first-order chi connectivity index (χ1) is 9.82. The van der Waals surface area contributed by atoms with Crippen LogP contribution in [0.4, 0.5) is 4.39 Å². The largest absolute Gasteiger partial charge is 0.324 e. The Bertz CT molecular complexity index is 633. The summed E-state index contributed by atoms with van der Waals surface area (Å²) in [7, 11) is 0. The summed E-state index contributed by atoms with van der Waals surface area (Å²) < 4.78 is 13.9. The summed E-state index contributed by atoms with van der Waals surface area (Å²) in [6, 6.07) is 6.64. The summed E-state index contributed by atoms with van der Waals surface area (Å²) in [6.07, 6.45) is 0.399. The number of halogens is 2. The zero-order chi connectivity index (χ0) is 15.7. The third-order valence-corrected chi connectivity index (χ3v) is 4.63. The van der Waals surface area contributed by atoms with Crippen LogP contribution in [0.1, 0.15) is 39.4 Å². The second kappa shape index (κ2) is 6.17. The van der Waals surface area contributed by atoms with Crippen molar-refractivity contribution < 1.29 is 4.39 Å². The zero-order valence-electron chi connectivity index (χ0n) is 12.9. The topological polar surface area (TPSA) is 26.0 Å². The molecule has 0 spiro atoms. The molecule has 0 aliphatic heterocycles. The fraction of sp³-hybridized carbons (Fsp3) is 0.333. The summed E-state index contributed by atoms with van der Waals surface area (Å²) in [5.41, 5.74) is 12.8. The van der Waals surface area contributed by atoms with Crippen LogP contribution in [0.5, 0.6) is 0 Å². The van der Waals surface area contributed by atoms with E-state index in [9.17, 15) is 4.39 Å². The third kappa shape index (κ3) is 3.12. The lowest BCUT2D eigenvalue weighted by atomic mass is 9.87. The molecule has 0 amide bonds. The maximum absolute atomic E-state index is 13.9. The van der Waals surface area contributed by atoms with Crippen LogP contribution in [0, 0.1) is 33.5 Å². The highest BCUT2D eigenvalue weighted by molar-refractivity contribution is 6.31. The average Bonchev–Trinajstić information content (AvgIpc) is 2.41. The molecule has 2 rings (SSSR count). The van der Waals surface area contributed by atoms with Gasteiger partial charge in [0.25, 0.3) is 0 Å². The lowest BCUT2D eigenvalue weighted by Gasteiger charge is -2.21. The Kier molecular flexibility index (Phi) is 4.70. The maximum Gasteiger partial charge on any atom is 0.127 e. The van der Waals surface area contributed by atoms with Gasteiger partial charge in [-0.1, -0.05) is 23.7 Å². The van der Waals surface area contributed by atoms with Crippen molar-refractivity contribution in [1.29, 1.82) is 0 Å². The van der Waals surface area contributed by atoms with Crippen molar-refractivity contribution in [3.63, 3.8) is 0 Å². The van der Waals surface area contributed by atoms with Crippen molar-refractivity contribution >= 4 is 11.6 Å². The Hall–Kier alpha value is -1.38. The molecule has 0 aliphatic rings. The summed E-state index contributed by atoms with van der Waals surface area (Å²) in [4.78, 5) is 0. The number of aryl methyl sites for hydroxylation is 2. The Balaban J connectivity index is 2.44. The first-order valence-electron chi connectivity index (χ1n) is 7.08. The smallest absolute Gasteiger partial charge is 0.127 e. The quantitative estimate of drug-likeness (QED) is 0.852. The molecule has 1 nitrogen and oxygen atoms in total. The molecule has 1 atom stereocenters. The van der Waals surface area contributed by atoms with Gasteiger partial charge >= 0.3 is 0 Å².